The van der Waals surface area contributed by atoms with Gasteiger partial charge in [0.15, 0.2) is 23.0 Å². The van der Waals surface area contributed by atoms with Crippen molar-refractivity contribution < 1.29 is 48.1 Å². The number of hydrogen-bond donors (Lipinski definition) is 2. The van der Waals surface area contributed by atoms with Gasteiger partial charge in [-0.3, -0.25) is 0 Å². The summed E-state index contributed by atoms with van der Waals surface area (Å²) in [7, 11) is 0. The maximum absolute atomic E-state index is 13.0. The second-order valence-corrected chi connectivity index (χ2v) is 26.3. The zero-order valence-electron chi connectivity index (χ0n) is 54.0. The number of aromatic hydroxyl groups is 2. The average molecular weight is 1190 g/mol. The van der Waals surface area contributed by atoms with Crippen molar-refractivity contribution in [3.05, 3.63) is 80.9 Å². The van der Waals surface area contributed by atoms with Crippen molar-refractivity contribution in [1.82, 2.24) is 0 Å². The molecule has 2 unspecified atom stereocenters. The van der Waals surface area contributed by atoms with Crippen molar-refractivity contribution >= 4 is 0 Å². The fourth-order valence-electron chi connectivity index (χ4n) is 14.9. The summed E-state index contributed by atoms with van der Waals surface area (Å²) in [5.74, 6) is 3.74. The summed E-state index contributed by atoms with van der Waals surface area (Å²) in [6, 6.07) is 13.7. The van der Waals surface area contributed by atoms with Crippen LogP contribution < -0.4 is 37.9 Å². The molecule has 0 saturated carbocycles. The van der Waals surface area contributed by atoms with Crippen LogP contribution in [0.1, 0.15) is 353 Å². The molecule has 5 aliphatic rings. The van der Waals surface area contributed by atoms with Crippen molar-refractivity contribution in [1.29, 1.82) is 0 Å². The molecule has 0 spiro atoms. The van der Waals surface area contributed by atoms with E-state index in [4.69, 9.17) is 37.9 Å². The molecular weight excluding hydrogens is 1070 g/mol. The molecule has 4 aliphatic heterocycles. The molecule has 0 amide bonds. The summed E-state index contributed by atoms with van der Waals surface area (Å²) in [5.41, 5.74) is 8.14. The van der Waals surface area contributed by atoms with Crippen molar-refractivity contribution in [2.45, 2.75) is 308 Å². The Morgan fingerprint density at radius 3 is 0.686 bits per heavy atom. The number of unbranched alkanes of at least 4 members (excludes halogenated alkanes) is 32. The van der Waals surface area contributed by atoms with E-state index in [9.17, 15) is 10.2 Å². The Hall–Kier alpha value is -5.12. The number of rotatable bonds is 40. The molecule has 9 rings (SSSR count). The van der Waals surface area contributed by atoms with Crippen LogP contribution in [0.3, 0.4) is 0 Å². The predicted molar refractivity (Wildman–Crippen MR) is 348 cm³/mol. The van der Waals surface area contributed by atoms with Crippen LogP contribution in [-0.4, -0.2) is 37.4 Å². The van der Waals surface area contributed by atoms with Gasteiger partial charge >= 0.3 is 0 Å². The molecule has 4 aromatic rings. The lowest BCUT2D eigenvalue weighted by Gasteiger charge is -2.35. The summed E-state index contributed by atoms with van der Waals surface area (Å²) in [6.45, 7) is 8.72. The summed E-state index contributed by atoms with van der Waals surface area (Å²) in [6.07, 6.45) is 47.4. The minimum Gasteiger partial charge on any atom is -0.502 e. The molecule has 86 heavy (non-hydrogen) atoms. The van der Waals surface area contributed by atoms with Gasteiger partial charge in [-0.25, -0.2) is 0 Å². The first kappa shape index (κ1) is 65.3. The third-order valence-electron chi connectivity index (χ3n) is 19.9. The molecule has 2 N–H and O–H groups in total. The van der Waals surface area contributed by atoms with Gasteiger partial charge in [-0.05, 0) is 49.9 Å². The Bertz CT molecular complexity index is 2520. The van der Waals surface area contributed by atoms with Crippen molar-refractivity contribution in [3.8, 4) is 57.5 Å². The minimum absolute atomic E-state index is 0.0190. The van der Waals surface area contributed by atoms with Crippen LogP contribution in [0.15, 0.2) is 36.4 Å². The van der Waals surface area contributed by atoms with Crippen LogP contribution in [-0.2, 0) is 0 Å². The molecule has 10 heteroatoms. The normalized spacial score (nSPS) is 17.7. The fourth-order valence-corrected chi connectivity index (χ4v) is 14.9. The van der Waals surface area contributed by atoms with E-state index in [0.29, 0.717) is 23.0 Å². The first-order valence-electron chi connectivity index (χ1n) is 35.6. The minimum atomic E-state index is -0.307. The average Bonchev–Trinajstić information content (AvgIpc) is 1.15. The highest BCUT2D eigenvalue weighted by Gasteiger charge is 2.40. The fraction of sp³-hybridized carbons (Fsp3) is 0.684. The van der Waals surface area contributed by atoms with E-state index in [0.717, 1.165) is 151 Å². The first-order valence-corrected chi connectivity index (χ1v) is 35.6. The zero-order chi connectivity index (χ0) is 59.7. The Kier molecular flexibility index (Phi) is 26.7. The molecule has 2 atom stereocenters. The van der Waals surface area contributed by atoms with Gasteiger partial charge in [0.05, 0.1) is 0 Å². The highest BCUT2D eigenvalue weighted by Crippen LogP contribution is 2.59. The van der Waals surface area contributed by atoms with Gasteiger partial charge in [0, 0.05) is 80.3 Å². The Balaban J connectivity index is 1.20. The van der Waals surface area contributed by atoms with E-state index in [-0.39, 0.29) is 62.3 Å². The molecule has 0 fully saturated rings. The van der Waals surface area contributed by atoms with Gasteiger partial charge in [0.2, 0.25) is 38.7 Å². The van der Waals surface area contributed by atoms with Gasteiger partial charge in [-0.15, -0.1) is 0 Å². The summed E-state index contributed by atoms with van der Waals surface area (Å²) in [4.78, 5) is 0. The maximum Gasteiger partial charge on any atom is 0.231 e. The molecule has 10 nitrogen and oxygen atoms in total. The number of phenolic OH excluding ortho intramolecular Hbond substituents is 2. The number of benzene rings is 4. The van der Waals surface area contributed by atoms with E-state index in [1.165, 1.54) is 173 Å². The largest absolute Gasteiger partial charge is 0.502 e. The van der Waals surface area contributed by atoms with Crippen LogP contribution in [0, 0.1) is 0 Å². The van der Waals surface area contributed by atoms with E-state index in [1.807, 2.05) is 0 Å². The standard InChI is InChI=1S/C76H112O10/c1-5-9-13-17-21-25-29-33-37-41-55-59-45-61-56(42-38-34-30-26-22-18-14-10-6-2)63-47-65-58(44-40-36-32-28-24-20-16-12-8-4)66-48-64-57(43-39-35-31-27-23-19-15-11-7-3)62-46-60(55)68-50-70(62)82-53-84-74(64)72(78)76(66)86-54-85-75(65)71(77)73(63)83-52-81-69(61)49-67(59)79-51-80-68/h45-50,55-58,77-78H,5-44,51-54H2,1-4H3. The van der Waals surface area contributed by atoms with Crippen LogP contribution in [0.4, 0.5) is 0 Å². The Morgan fingerprint density at radius 2 is 0.430 bits per heavy atom. The molecule has 1 aliphatic carbocycles. The molecule has 476 valence electrons. The van der Waals surface area contributed by atoms with E-state index in [1.54, 1.807) is 0 Å². The number of ether oxygens (including phenoxy) is 8. The highest BCUT2D eigenvalue weighted by atomic mass is 16.7. The summed E-state index contributed by atoms with van der Waals surface area (Å²) in [5, 5.41) is 25.9. The van der Waals surface area contributed by atoms with Crippen molar-refractivity contribution in [2.24, 2.45) is 0 Å². The van der Waals surface area contributed by atoms with Crippen LogP contribution >= 0.6 is 0 Å². The Morgan fingerprint density at radius 1 is 0.244 bits per heavy atom. The third kappa shape index (κ3) is 17.2. The zero-order valence-corrected chi connectivity index (χ0v) is 54.0. The first-order chi connectivity index (χ1) is 42.4. The van der Waals surface area contributed by atoms with Crippen LogP contribution in [0.5, 0.6) is 57.5 Å². The van der Waals surface area contributed by atoms with Gasteiger partial charge < -0.3 is 48.1 Å². The van der Waals surface area contributed by atoms with Crippen molar-refractivity contribution in [3.63, 3.8) is 0 Å². The predicted octanol–water partition coefficient (Wildman–Crippen LogP) is 22.5. The summed E-state index contributed by atoms with van der Waals surface area (Å²) < 4.78 is 53.7. The number of hydrogen-bond acceptors (Lipinski definition) is 10. The molecule has 8 bridgehead atoms. The topological polar surface area (TPSA) is 114 Å². The molecule has 4 aromatic carbocycles. The molecular formula is C76H112O10. The SMILES string of the molecule is CCCCCCCCCCCC1c2cc3c4cc2OCOc2cc5c(cc21)C(CCCCCCCCCCC)c1cc2c(c(O)c1OCO5)OCOc1c(cc(c(c1O)OCO4)C3CCCCCCCCCCC)C2CCCCCCCCCCC. The number of phenols is 2. The monoisotopic (exact) mass is 1180 g/mol. The van der Waals surface area contributed by atoms with Crippen molar-refractivity contribution in [2.75, 3.05) is 27.2 Å². The van der Waals surface area contributed by atoms with Crippen LogP contribution in [0.25, 0.3) is 0 Å². The van der Waals surface area contributed by atoms with Gasteiger partial charge in [0.1, 0.15) is 23.0 Å². The van der Waals surface area contributed by atoms with E-state index >= 15 is 0 Å². The second-order valence-electron chi connectivity index (χ2n) is 26.3. The highest BCUT2D eigenvalue weighted by molar-refractivity contribution is 5.70. The molecule has 0 radical (unpaired) electrons. The maximum atomic E-state index is 13.0. The Labute approximate surface area is 519 Å². The van der Waals surface area contributed by atoms with Gasteiger partial charge in [0.25, 0.3) is 0 Å². The summed E-state index contributed by atoms with van der Waals surface area (Å²) >= 11 is 0. The van der Waals surface area contributed by atoms with E-state index in [2.05, 4.69) is 64.1 Å². The van der Waals surface area contributed by atoms with Gasteiger partial charge in [-0.1, -0.05) is 259 Å². The lowest BCUT2D eigenvalue weighted by atomic mass is 9.75. The molecule has 0 aromatic heterocycles. The van der Waals surface area contributed by atoms with Gasteiger partial charge in [-0.2, -0.15) is 0 Å². The smallest absolute Gasteiger partial charge is 0.231 e. The lowest BCUT2D eigenvalue weighted by molar-refractivity contribution is 0.0912. The second kappa shape index (κ2) is 35.2. The molecule has 4 heterocycles. The quantitative estimate of drug-likeness (QED) is 0.0417. The third-order valence-corrected chi connectivity index (χ3v) is 19.9. The van der Waals surface area contributed by atoms with E-state index < -0.39 is 0 Å². The molecule has 0 saturated heterocycles. The van der Waals surface area contributed by atoms with Crippen LogP contribution in [0.2, 0.25) is 0 Å². The lowest BCUT2D eigenvalue weighted by Crippen LogP contribution is -2.22.